The molecule has 0 saturated heterocycles. The van der Waals surface area contributed by atoms with Gasteiger partial charge in [0.2, 0.25) is 0 Å². The summed E-state index contributed by atoms with van der Waals surface area (Å²) in [6.07, 6.45) is 6.12. The fraction of sp³-hybridized carbons (Fsp3) is 0.842. The number of carboxylic acid groups (broad SMARTS) is 1. The lowest BCUT2D eigenvalue weighted by Crippen LogP contribution is -2.33. The van der Waals surface area contributed by atoms with E-state index in [0.717, 1.165) is 38.5 Å². The molecule has 0 spiro atoms. The van der Waals surface area contributed by atoms with Gasteiger partial charge in [-0.25, -0.2) is 0 Å². The minimum Gasteiger partial charge on any atom is -0.481 e. The van der Waals surface area contributed by atoms with Crippen LogP contribution in [0, 0.1) is 11.8 Å². The van der Waals surface area contributed by atoms with E-state index in [0.29, 0.717) is 19.4 Å². The Balaban J connectivity index is 4.78. The average Bonchev–Trinajstić information content (AvgIpc) is 2.58. The van der Waals surface area contributed by atoms with Crippen molar-refractivity contribution in [2.24, 2.45) is 11.8 Å². The van der Waals surface area contributed by atoms with Crippen molar-refractivity contribution in [2.75, 3.05) is 13.2 Å². The molecule has 0 aliphatic heterocycles. The highest BCUT2D eigenvalue weighted by atomic mass is 16.5. The fourth-order valence-corrected chi connectivity index (χ4v) is 2.61. The van der Waals surface area contributed by atoms with Crippen LogP contribution >= 0.6 is 0 Å². The molecule has 0 aromatic rings. The average molecular weight is 358 g/mol. The Morgan fingerprint density at radius 2 is 1.36 bits per heavy atom. The maximum atomic E-state index is 12.3. The van der Waals surface area contributed by atoms with Crippen LogP contribution in [0.2, 0.25) is 0 Å². The molecule has 2 unspecified atom stereocenters. The standard InChI is InChI=1S/C19H34O6/c1-4-7-9-12-24-17(20)14-16(15(11-6-3)18(21)22)19(23)25-13-10-8-5-2/h15-16H,4-14H2,1-3H3,(H,21,22). The molecule has 0 rings (SSSR count). The van der Waals surface area contributed by atoms with Crippen LogP contribution in [-0.4, -0.2) is 36.2 Å². The van der Waals surface area contributed by atoms with Gasteiger partial charge in [-0.05, 0) is 19.3 Å². The zero-order chi connectivity index (χ0) is 19.1. The summed E-state index contributed by atoms with van der Waals surface area (Å²) in [5, 5.41) is 9.43. The second-order valence-corrected chi connectivity index (χ2v) is 6.35. The number of esters is 2. The van der Waals surface area contributed by atoms with Crippen molar-refractivity contribution in [1.29, 1.82) is 0 Å². The van der Waals surface area contributed by atoms with Crippen molar-refractivity contribution < 1.29 is 29.0 Å². The van der Waals surface area contributed by atoms with Gasteiger partial charge in [-0.2, -0.15) is 0 Å². The summed E-state index contributed by atoms with van der Waals surface area (Å²) in [5.74, 6) is -4.13. The van der Waals surface area contributed by atoms with Crippen LogP contribution < -0.4 is 0 Å². The third-order valence-corrected chi connectivity index (χ3v) is 4.10. The lowest BCUT2D eigenvalue weighted by molar-refractivity contribution is -0.162. The summed E-state index contributed by atoms with van der Waals surface area (Å²) in [6, 6.07) is 0. The van der Waals surface area contributed by atoms with E-state index < -0.39 is 29.7 Å². The third kappa shape index (κ3) is 10.8. The third-order valence-electron chi connectivity index (χ3n) is 4.10. The molecule has 0 bridgehead atoms. The van der Waals surface area contributed by atoms with Crippen LogP contribution in [-0.2, 0) is 23.9 Å². The Kier molecular flexibility index (Phi) is 13.8. The molecule has 6 heteroatoms. The van der Waals surface area contributed by atoms with Crippen molar-refractivity contribution in [3.63, 3.8) is 0 Å². The molecule has 6 nitrogen and oxygen atoms in total. The van der Waals surface area contributed by atoms with Gasteiger partial charge in [-0.3, -0.25) is 14.4 Å². The van der Waals surface area contributed by atoms with Gasteiger partial charge >= 0.3 is 17.9 Å². The summed E-state index contributed by atoms with van der Waals surface area (Å²) >= 11 is 0. The summed E-state index contributed by atoms with van der Waals surface area (Å²) in [5.41, 5.74) is 0. The Morgan fingerprint density at radius 3 is 1.84 bits per heavy atom. The first-order valence-electron chi connectivity index (χ1n) is 9.52. The molecular weight excluding hydrogens is 324 g/mol. The van der Waals surface area contributed by atoms with E-state index >= 15 is 0 Å². The second-order valence-electron chi connectivity index (χ2n) is 6.35. The first-order valence-corrected chi connectivity index (χ1v) is 9.52. The van der Waals surface area contributed by atoms with Crippen LogP contribution in [0.4, 0.5) is 0 Å². The topological polar surface area (TPSA) is 89.9 Å². The van der Waals surface area contributed by atoms with Crippen LogP contribution in [0.5, 0.6) is 0 Å². The molecule has 1 N–H and O–H groups in total. The van der Waals surface area contributed by atoms with E-state index in [2.05, 4.69) is 6.92 Å². The maximum Gasteiger partial charge on any atom is 0.310 e. The predicted octanol–water partition coefficient (Wildman–Crippen LogP) is 3.96. The normalized spacial score (nSPS) is 13.1. The summed E-state index contributed by atoms with van der Waals surface area (Å²) in [6.45, 7) is 6.50. The zero-order valence-electron chi connectivity index (χ0n) is 15.9. The van der Waals surface area contributed by atoms with Crippen LogP contribution in [0.1, 0.15) is 78.6 Å². The summed E-state index contributed by atoms with van der Waals surface area (Å²) < 4.78 is 10.4. The van der Waals surface area contributed by atoms with E-state index in [1.807, 2.05) is 13.8 Å². The SMILES string of the molecule is CCCCCOC(=O)CC(C(=O)OCCCCC)C(CCC)C(=O)O. The van der Waals surface area contributed by atoms with Crippen molar-refractivity contribution in [2.45, 2.75) is 78.6 Å². The van der Waals surface area contributed by atoms with Gasteiger partial charge in [0, 0.05) is 0 Å². The van der Waals surface area contributed by atoms with Gasteiger partial charge in [-0.15, -0.1) is 0 Å². The molecule has 0 aromatic heterocycles. The molecule has 0 aliphatic rings. The minimum absolute atomic E-state index is 0.240. The number of carbonyl (C=O) groups is 3. The van der Waals surface area contributed by atoms with Crippen LogP contribution in [0.3, 0.4) is 0 Å². The highest BCUT2D eigenvalue weighted by molar-refractivity contribution is 5.85. The van der Waals surface area contributed by atoms with Gasteiger partial charge < -0.3 is 14.6 Å². The number of carbonyl (C=O) groups excluding carboxylic acids is 2. The number of hydrogen-bond acceptors (Lipinski definition) is 5. The zero-order valence-corrected chi connectivity index (χ0v) is 15.9. The quantitative estimate of drug-likeness (QED) is 0.352. The Morgan fingerprint density at radius 1 is 0.800 bits per heavy atom. The van der Waals surface area contributed by atoms with Crippen molar-refractivity contribution in [1.82, 2.24) is 0 Å². The summed E-state index contributed by atoms with van der Waals surface area (Å²) in [7, 11) is 0. The second kappa shape index (κ2) is 14.7. The first kappa shape index (κ1) is 23.4. The fourth-order valence-electron chi connectivity index (χ4n) is 2.61. The maximum absolute atomic E-state index is 12.3. The number of ether oxygens (including phenoxy) is 2. The molecule has 146 valence electrons. The predicted molar refractivity (Wildman–Crippen MR) is 95.1 cm³/mol. The van der Waals surface area contributed by atoms with E-state index in [4.69, 9.17) is 9.47 Å². The largest absolute Gasteiger partial charge is 0.481 e. The monoisotopic (exact) mass is 358 g/mol. The van der Waals surface area contributed by atoms with Gasteiger partial charge in [0.1, 0.15) is 0 Å². The molecule has 0 aromatic carbocycles. The number of hydrogen-bond donors (Lipinski definition) is 1. The smallest absolute Gasteiger partial charge is 0.310 e. The Bertz CT molecular complexity index is 393. The lowest BCUT2D eigenvalue weighted by atomic mass is 9.86. The number of aliphatic carboxylic acids is 1. The van der Waals surface area contributed by atoms with Gasteiger partial charge in [-0.1, -0.05) is 52.9 Å². The van der Waals surface area contributed by atoms with E-state index in [9.17, 15) is 19.5 Å². The number of carboxylic acids is 1. The van der Waals surface area contributed by atoms with E-state index in [1.54, 1.807) is 0 Å². The molecule has 0 radical (unpaired) electrons. The number of unbranched alkanes of at least 4 members (excludes halogenated alkanes) is 4. The van der Waals surface area contributed by atoms with Gasteiger partial charge in [0.15, 0.2) is 0 Å². The molecule has 0 amide bonds. The Hall–Kier alpha value is -1.59. The van der Waals surface area contributed by atoms with E-state index in [1.165, 1.54) is 0 Å². The van der Waals surface area contributed by atoms with E-state index in [-0.39, 0.29) is 13.0 Å². The molecule has 0 saturated carbocycles. The van der Waals surface area contributed by atoms with Crippen LogP contribution in [0.15, 0.2) is 0 Å². The van der Waals surface area contributed by atoms with Gasteiger partial charge in [0.05, 0.1) is 31.5 Å². The molecule has 25 heavy (non-hydrogen) atoms. The highest BCUT2D eigenvalue weighted by Gasteiger charge is 2.36. The lowest BCUT2D eigenvalue weighted by Gasteiger charge is -2.21. The highest BCUT2D eigenvalue weighted by Crippen LogP contribution is 2.24. The minimum atomic E-state index is -1.07. The Labute approximate surface area is 151 Å². The molecule has 0 fully saturated rings. The number of rotatable bonds is 15. The van der Waals surface area contributed by atoms with Crippen molar-refractivity contribution >= 4 is 17.9 Å². The van der Waals surface area contributed by atoms with Crippen molar-refractivity contribution in [3.05, 3.63) is 0 Å². The van der Waals surface area contributed by atoms with Crippen LogP contribution in [0.25, 0.3) is 0 Å². The summed E-state index contributed by atoms with van der Waals surface area (Å²) in [4.78, 5) is 35.9. The van der Waals surface area contributed by atoms with Crippen molar-refractivity contribution in [3.8, 4) is 0 Å². The molecule has 0 aliphatic carbocycles. The first-order chi connectivity index (χ1) is 12.0. The molecular formula is C19H34O6. The molecule has 0 heterocycles. The molecule has 2 atom stereocenters. The van der Waals surface area contributed by atoms with Gasteiger partial charge in [0.25, 0.3) is 0 Å².